The van der Waals surface area contributed by atoms with Crippen molar-refractivity contribution in [3.05, 3.63) is 23.8 Å². The van der Waals surface area contributed by atoms with Crippen molar-refractivity contribution in [1.29, 1.82) is 0 Å². The summed E-state index contributed by atoms with van der Waals surface area (Å²) in [4.78, 5) is 11.1. The Morgan fingerprint density at radius 2 is 2.05 bits per heavy atom. The molecule has 2 N–H and O–H groups in total. The van der Waals surface area contributed by atoms with Gasteiger partial charge in [-0.05, 0) is 49.8 Å². The van der Waals surface area contributed by atoms with Crippen LogP contribution in [0.4, 0.5) is 0 Å². The zero-order chi connectivity index (χ0) is 15.5. The highest BCUT2D eigenvalue weighted by Crippen LogP contribution is 2.36. The molecular formula is C17H23NO4. The van der Waals surface area contributed by atoms with Crippen LogP contribution in [0.1, 0.15) is 43.7 Å². The first-order valence-corrected chi connectivity index (χ1v) is 7.98. The molecule has 1 saturated heterocycles. The first kappa shape index (κ1) is 15.2. The van der Waals surface area contributed by atoms with E-state index in [1.807, 2.05) is 18.2 Å². The zero-order valence-corrected chi connectivity index (χ0v) is 12.9. The number of carboxylic acids is 1. The van der Waals surface area contributed by atoms with Crippen LogP contribution in [0.2, 0.25) is 0 Å². The summed E-state index contributed by atoms with van der Waals surface area (Å²) >= 11 is 0. The van der Waals surface area contributed by atoms with Crippen molar-refractivity contribution in [2.24, 2.45) is 5.92 Å². The minimum atomic E-state index is -0.731. The van der Waals surface area contributed by atoms with Crippen molar-refractivity contribution >= 4 is 5.97 Å². The van der Waals surface area contributed by atoms with Gasteiger partial charge in [-0.2, -0.15) is 0 Å². The van der Waals surface area contributed by atoms with Gasteiger partial charge in [0.1, 0.15) is 0 Å². The summed E-state index contributed by atoms with van der Waals surface area (Å²) in [7, 11) is 1.64. The van der Waals surface area contributed by atoms with E-state index in [-0.39, 0.29) is 18.1 Å². The van der Waals surface area contributed by atoms with Gasteiger partial charge in [0.15, 0.2) is 11.5 Å². The number of carbonyl (C=O) groups is 1. The van der Waals surface area contributed by atoms with Crippen LogP contribution in [0, 0.1) is 5.92 Å². The van der Waals surface area contributed by atoms with E-state index in [9.17, 15) is 4.79 Å². The van der Waals surface area contributed by atoms with E-state index in [0.717, 1.165) is 29.9 Å². The molecule has 2 aliphatic rings. The molecule has 5 nitrogen and oxygen atoms in total. The van der Waals surface area contributed by atoms with E-state index in [2.05, 4.69) is 5.32 Å². The van der Waals surface area contributed by atoms with Crippen molar-refractivity contribution in [2.45, 2.75) is 44.2 Å². The van der Waals surface area contributed by atoms with Crippen LogP contribution >= 0.6 is 0 Å². The van der Waals surface area contributed by atoms with Crippen LogP contribution in [0.15, 0.2) is 18.2 Å². The summed E-state index contributed by atoms with van der Waals surface area (Å²) < 4.78 is 11.5. The number of nitrogens with one attached hydrogen (secondary N) is 1. The van der Waals surface area contributed by atoms with E-state index in [1.54, 1.807) is 7.11 Å². The third kappa shape index (κ3) is 3.19. The summed E-state index contributed by atoms with van der Waals surface area (Å²) in [6, 6.07) is 5.97. The van der Waals surface area contributed by atoms with Gasteiger partial charge in [0.25, 0.3) is 0 Å². The molecular weight excluding hydrogens is 282 g/mol. The molecule has 120 valence electrons. The lowest BCUT2D eigenvalue weighted by Crippen LogP contribution is -2.17. The van der Waals surface area contributed by atoms with Gasteiger partial charge in [-0.3, -0.25) is 4.79 Å². The van der Waals surface area contributed by atoms with Crippen LogP contribution in [0.5, 0.6) is 11.5 Å². The van der Waals surface area contributed by atoms with Gasteiger partial charge in [0.05, 0.1) is 19.1 Å². The lowest BCUT2D eigenvalue weighted by Gasteiger charge is -2.18. The SMILES string of the molecule is COc1ccc(C2CC(C(=O)O)CN2)cc1OC1CCCC1. The fourth-order valence-electron chi connectivity index (χ4n) is 3.37. The maximum atomic E-state index is 11.1. The second-order valence-electron chi connectivity index (χ2n) is 6.17. The molecule has 1 heterocycles. The molecule has 1 aromatic carbocycles. The Morgan fingerprint density at radius 1 is 1.27 bits per heavy atom. The summed E-state index contributed by atoms with van der Waals surface area (Å²) in [5.41, 5.74) is 1.07. The Labute approximate surface area is 130 Å². The van der Waals surface area contributed by atoms with E-state index >= 15 is 0 Å². The molecule has 0 bridgehead atoms. The third-order valence-electron chi connectivity index (χ3n) is 4.67. The monoisotopic (exact) mass is 305 g/mol. The maximum absolute atomic E-state index is 11.1. The fraction of sp³-hybridized carbons (Fsp3) is 0.588. The minimum absolute atomic E-state index is 0.0675. The molecule has 0 aromatic heterocycles. The fourth-order valence-corrected chi connectivity index (χ4v) is 3.37. The van der Waals surface area contributed by atoms with Gasteiger partial charge in [-0.1, -0.05) is 6.07 Å². The molecule has 1 aliphatic heterocycles. The number of ether oxygens (including phenoxy) is 2. The predicted molar refractivity (Wildman–Crippen MR) is 82.4 cm³/mol. The number of carboxylic acid groups (broad SMARTS) is 1. The minimum Gasteiger partial charge on any atom is -0.493 e. The highest BCUT2D eigenvalue weighted by molar-refractivity contribution is 5.70. The second kappa shape index (κ2) is 6.57. The normalized spacial score (nSPS) is 25.3. The quantitative estimate of drug-likeness (QED) is 0.875. The molecule has 22 heavy (non-hydrogen) atoms. The van der Waals surface area contributed by atoms with Gasteiger partial charge in [-0.15, -0.1) is 0 Å². The largest absolute Gasteiger partial charge is 0.493 e. The summed E-state index contributed by atoms with van der Waals surface area (Å²) in [6.07, 6.45) is 5.51. The molecule has 0 spiro atoms. The number of methoxy groups -OCH3 is 1. The highest BCUT2D eigenvalue weighted by Gasteiger charge is 2.30. The van der Waals surface area contributed by atoms with E-state index in [1.165, 1.54) is 12.8 Å². The number of benzene rings is 1. The first-order chi connectivity index (χ1) is 10.7. The number of rotatable bonds is 5. The smallest absolute Gasteiger partial charge is 0.307 e. The lowest BCUT2D eigenvalue weighted by atomic mass is 10.00. The van der Waals surface area contributed by atoms with E-state index in [4.69, 9.17) is 14.6 Å². The topological polar surface area (TPSA) is 67.8 Å². The van der Waals surface area contributed by atoms with Crippen LogP contribution in [0.3, 0.4) is 0 Å². The Hall–Kier alpha value is -1.75. The van der Waals surface area contributed by atoms with Crippen molar-refractivity contribution in [1.82, 2.24) is 5.32 Å². The first-order valence-electron chi connectivity index (χ1n) is 7.98. The number of hydrogen-bond acceptors (Lipinski definition) is 4. The molecule has 2 unspecified atom stereocenters. The van der Waals surface area contributed by atoms with Gasteiger partial charge in [-0.25, -0.2) is 0 Å². The van der Waals surface area contributed by atoms with Crippen molar-refractivity contribution in [3.8, 4) is 11.5 Å². The summed E-state index contributed by atoms with van der Waals surface area (Å²) in [5, 5.41) is 12.4. The van der Waals surface area contributed by atoms with Gasteiger partial charge < -0.3 is 19.9 Å². The molecule has 1 aliphatic carbocycles. The van der Waals surface area contributed by atoms with Gasteiger partial charge in [0, 0.05) is 12.6 Å². The second-order valence-corrected chi connectivity index (χ2v) is 6.17. The molecule has 1 saturated carbocycles. The van der Waals surface area contributed by atoms with Crippen molar-refractivity contribution < 1.29 is 19.4 Å². The summed E-state index contributed by atoms with van der Waals surface area (Å²) in [6.45, 7) is 0.519. The van der Waals surface area contributed by atoms with Crippen molar-refractivity contribution in [3.63, 3.8) is 0 Å². The van der Waals surface area contributed by atoms with Crippen LogP contribution in [0.25, 0.3) is 0 Å². The highest BCUT2D eigenvalue weighted by atomic mass is 16.5. The summed E-state index contributed by atoms with van der Waals surface area (Å²) in [5.74, 6) is 0.466. The Balaban J connectivity index is 1.76. The standard InChI is InChI=1S/C17H23NO4/c1-21-15-7-6-11(14-8-12(10-18-14)17(19)20)9-16(15)22-13-4-2-3-5-13/h6-7,9,12-14,18H,2-5,8,10H2,1H3,(H,19,20). The third-order valence-corrected chi connectivity index (χ3v) is 4.67. The van der Waals surface area contributed by atoms with Gasteiger partial charge in [0.2, 0.25) is 0 Å². The Kier molecular flexibility index (Phi) is 4.52. The average Bonchev–Trinajstić information content (AvgIpc) is 3.18. The van der Waals surface area contributed by atoms with Crippen LogP contribution < -0.4 is 14.8 Å². The number of aliphatic carboxylic acids is 1. The Bertz CT molecular complexity index is 539. The van der Waals surface area contributed by atoms with Crippen LogP contribution in [-0.2, 0) is 4.79 Å². The Morgan fingerprint density at radius 3 is 2.68 bits per heavy atom. The molecule has 0 amide bonds. The van der Waals surface area contributed by atoms with E-state index < -0.39 is 5.97 Å². The van der Waals surface area contributed by atoms with E-state index in [0.29, 0.717) is 13.0 Å². The van der Waals surface area contributed by atoms with Gasteiger partial charge >= 0.3 is 5.97 Å². The zero-order valence-electron chi connectivity index (χ0n) is 12.9. The van der Waals surface area contributed by atoms with Crippen molar-refractivity contribution in [2.75, 3.05) is 13.7 Å². The molecule has 5 heteroatoms. The average molecular weight is 305 g/mol. The number of hydrogen-bond donors (Lipinski definition) is 2. The molecule has 2 fully saturated rings. The predicted octanol–water partition coefficient (Wildman–Crippen LogP) is 2.75. The van der Waals surface area contributed by atoms with Crippen LogP contribution in [-0.4, -0.2) is 30.8 Å². The molecule has 3 rings (SSSR count). The molecule has 2 atom stereocenters. The lowest BCUT2D eigenvalue weighted by molar-refractivity contribution is -0.141. The molecule has 1 aromatic rings. The maximum Gasteiger partial charge on any atom is 0.307 e. The molecule has 0 radical (unpaired) electrons.